The molecular formula is C13H10N4O2. The minimum Gasteiger partial charge on any atom is -0.476 e. The molecule has 0 aliphatic carbocycles. The number of carboxylic acids is 1. The second kappa shape index (κ2) is 4.16. The van der Waals surface area contributed by atoms with Gasteiger partial charge in [0.25, 0.3) is 0 Å². The van der Waals surface area contributed by atoms with Crippen LogP contribution >= 0.6 is 0 Å². The number of nitrogens with zero attached hydrogens (tertiary/aromatic N) is 4. The third-order valence-electron chi connectivity index (χ3n) is 2.82. The minimum atomic E-state index is -1.05. The summed E-state index contributed by atoms with van der Waals surface area (Å²) in [6.07, 6.45) is 3.39. The Bertz CT molecular complexity index is 765. The summed E-state index contributed by atoms with van der Waals surface area (Å²) in [6.45, 7) is 1.72. The van der Waals surface area contributed by atoms with Crippen LogP contribution < -0.4 is 0 Å². The van der Waals surface area contributed by atoms with Gasteiger partial charge in [-0.05, 0) is 31.2 Å². The molecule has 19 heavy (non-hydrogen) atoms. The Morgan fingerprint density at radius 1 is 1.32 bits per heavy atom. The van der Waals surface area contributed by atoms with E-state index in [2.05, 4.69) is 15.1 Å². The highest BCUT2D eigenvalue weighted by Gasteiger charge is 2.15. The summed E-state index contributed by atoms with van der Waals surface area (Å²) in [6, 6.07) is 7.19. The number of aromatic carboxylic acids is 1. The first kappa shape index (κ1) is 11.3. The van der Waals surface area contributed by atoms with Crippen LogP contribution in [-0.4, -0.2) is 30.7 Å². The Kier molecular flexibility index (Phi) is 2.49. The number of fused-ring (bicyclic) bond motifs is 1. The molecule has 0 radical (unpaired) electrons. The second-order valence-electron chi connectivity index (χ2n) is 4.07. The van der Waals surface area contributed by atoms with Crippen LogP contribution in [0.15, 0.2) is 36.7 Å². The summed E-state index contributed by atoms with van der Waals surface area (Å²) in [4.78, 5) is 19.1. The number of carbonyl (C=O) groups is 1. The summed E-state index contributed by atoms with van der Waals surface area (Å²) in [5, 5.41) is 13.5. The lowest BCUT2D eigenvalue weighted by atomic mass is 10.2. The monoisotopic (exact) mass is 254 g/mol. The molecular weight excluding hydrogens is 244 g/mol. The molecule has 1 N–H and O–H groups in total. The van der Waals surface area contributed by atoms with Crippen molar-refractivity contribution in [1.29, 1.82) is 0 Å². The lowest BCUT2D eigenvalue weighted by Crippen LogP contribution is -1.99. The molecule has 0 spiro atoms. The second-order valence-corrected chi connectivity index (χ2v) is 4.07. The van der Waals surface area contributed by atoms with Gasteiger partial charge in [0.15, 0.2) is 5.69 Å². The molecule has 0 aromatic carbocycles. The van der Waals surface area contributed by atoms with E-state index in [1.54, 1.807) is 31.5 Å². The zero-order valence-electron chi connectivity index (χ0n) is 10.1. The third kappa shape index (κ3) is 1.83. The first-order valence-electron chi connectivity index (χ1n) is 5.67. The zero-order valence-corrected chi connectivity index (χ0v) is 10.1. The molecule has 6 heteroatoms. The van der Waals surface area contributed by atoms with Crippen molar-refractivity contribution in [3.63, 3.8) is 0 Å². The van der Waals surface area contributed by atoms with Crippen LogP contribution in [0.3, 0.4) is 0 Å². The molecule has 0 unspecified atom stereocenters. The molecule has 3 rings (SSSR count). The number of rotatable bonds is 2. The standard InChI is InChI=1S/C13H10N4O2/c1-8-15-12(13(18)19)11-5-4-10(16-17(8)11)9-3-2-6-14-7-9/h2-7H,1H3,(H,18,19). The van der Waals surface area contributed by atoms with Crippen molar-refractivity contribution < 1.29 is 9.90 Å². The number of carboxylic acid groups (broad SMARTS) is 1. The maximum absolute atomic E-state index is 11.1. The Morgan fingerprint density at radius 2 is 2.16 bits per heavy atom. The Morgan fingerprint density at radius 3 is 2.84 bits per heavy atom. The van der Waals surface area contributed by atoms with Gasteiger partial charge < -0.3 is 5.11 Å². The molecule has 3 heterocycles. The van der Waals surface area contributed by atoms with Crippen LogP contribution in [0.25, 0.3) is 16.8 Å². The van der Waals surface area contributed by atoms with E-state index in [1.165, 1.54) is 4.52 Å². The summed E-state index contributed by atoms with van der Waals surface area (Å²) in [7, 11) is 0. The third-order valence-corrected chi connectivity index (χ3v) is 2.82. The number of imidazole rings is 1. The normalized spacial score (nSPS) is 10.8. The van der Waals surface area contributed by atoms with Crippen LogP contribution in [-0.2, 0) is 0 Å². The molecule has 0 fully saturated rings. The van der Waals surface area contributed by atoms with Gasteiger partial charge in [-0.3, -0.25) is 4.98 Å². The van der Waals surface area contributed by atoms with Crippen molar-refractivity contribution in [1.82, 2.24) is 19.6 Å². The number of aromatic nitrogens is 4. The quantitative estimate of drug-likeness (QED) is 0.754. The molecule has 6 nitrogen and oxygen atoms in total. The summed E-state index contributed by atoms with van der Waals surface area (Å²) in [5.74, 6) is -0.514. The topological polar surface area (TPSA) is 80.4 Å². The van der Waals surface area contributed by atoms with Crippen LogP contribution in [0.5, 0.6) is 0 Å². The van der Waals surface area contributed by atoms with Gasteiger partial charge >= 0.3 is 5.97 Å². The van der Waals surface area contributed by atoms with Crippen molar-refractivity contribution in [2.24, 2.45) is 0 Å². The smallest absolute Gasteiger partial charge is 0.356 e. The van der Waals surface area contributed by atoms with E-state index in [1.807, 2.05) is 12.1 Å². The van der Waals surface area contributed by atoms with Gasteiger partial charge in [-0.2, -0.15) is 5.10 Å². The summed E-state index contributed by atoms with van der Waals surface area (Å²) >= 11 is 0. The molecule has 0 bridgehead atoms. The molecule has 0 atom stereocenters. The van der Waals surface area contributed by atoms with Gasteiger partial charge in [0.2, 0.25) is 0 Å². The maximum Gasteiger partial charge on any atom is 0.356 e. The predicted octanol–water partition coefficient (Wildman–Crippen LogP) is 1.80. The van der Waals surface area contributed by atoms with Crippen molar-refractivity contribution in [3.8, 4) is 11.3 Å². The molecule has 3 aromatic rings. The lowest BCUT2D eigenvalue weighted by Gasteiger charge is -2.02. The van der Waals surface area contributed by atoms with E-state index in [0.717, 1.165) is 11.3 Å². The maximum atomic E-state index is 11.1. The molecule has 0 saturated heterocycles. The Balaban J connectivity index is 2.22. The Hall–Kier alpha value is -2.76. The van der Waals surface area contributed by atoms with Crippen molar-refractivity contribution in [2.75, 3.05) is 0 Å². The fourth-order valence-electron chi connectivity index (χ4n) is 1.94. The highest BCUT2D eigenvalue weighted by atomic mass is 16.4. The number of hydrogen-bond acceptors (Lipinski definition) is 4. The highest BCUT2D eigenvalue weighted by molar-refractivity contribution is 5.93. The first-order valence-corrected chi connectivity index (χ1v) is 5.67. The van der Waals surface area contributed by atoms with E-state index in [0.29, 0.717) is 11.3 Å². The van der Waals surface area contributed by atoms with Gasteiger partial charge in [-0.15, -0.1) is 0 Å². The van der Waals surface area contributed by atoms with Crippen molar-refractivity contribution >= 4 is 11.5 Å². The summed E-state index contributed by atoms with van der Waals surface area (Å²) in [5.41, 5.74) is 2.09. The van der Waals surface area contributed by atoms with E-state index < -0.39 is 5.97 Å². The van der Waals surface area contributed by atoms with Gasteiger partial charge in [0.05, 0.1) is 11.2 Å². The summed E-state index contributed by atoms with van der Waals surface area (Å²) < 4.78 is 1.53. The van der Waals surface area contributed by atoms with E-state index in [9.17, 15) is 4.79 Å². The Labute approximate surface area is 108 Å². The zero-order chi connectivity index (χ0) is 13.4. The predicted molar refractivity (Wildman–Crippen MR) is 67.9 cm³/mol. The van der Waals surface area contributed by atoms with E-state index >= 15 is 0 Å². The molecule has 0 aliphatic rings. The fourth-order valence-corrected chi connectivity index (χ4v) is 1.94. The highest BCUT2D eigenvalue weighted by Crippen LogP contribution is 2.18. The molecule has 3 aromatic heterocycles. The van der Waals surface area contributed by atoms with E-state index in [-0.39, 0.29) is 5.69 Å². The van der Waals surface area contributed by atoms with Gasteiger partial charge in [0, 0.05) is 18.0 Å². The molecule has 0 amide bonds. The molecule has 0 saturated carbocycles. The van der Waals surface area contributed by atoms with E-state index in [4.69, 9.17) is 5.11 Å². The average molecular weight is 254 g/mol. The number of hydrogen-bond donors (Lipinski definition) is 1. The van der Waals surface area contributed by atoms with Gasteiger partial charge in [-0.25, -0.2) is 14.3 Å². The van der Waals surface area contributed by atoms with Crippen LogP contribution in [0.2, 0.25) is 0 Å². The largest absolute Gasteiger partial charge is 0.476 e. The van der Waals surface area contributed by atoms with Crippen molar-refractivity contribution in [2.45, 2.75) is 6.92 Å². The average Bonchev–Trinajstić information content (AvgIpc) is 2.77. The fraction of sp³-hybridized carbons (Fsp3) is 0.0769. The number of aryl methyl sites for hydroxylation is 1. The van der Waals surface area contributed by atoms with Crippen LogP contribution in [0.1, 0.15) is 16.3 Å². The SMILES string of the molecule is Cc1nc(C(=O)O)c2ccc(-c3cccnc3)nn12. The van der Waals surface area contributed by atoms with Crippen LogP contribution in [0, 0.1) is 6.92 Å². The van der Waals surface area contributed by atoms with Gasteiger partial charge in [0.1, 0.15) is 5.82 Å². The molecule has 94 valence electrons. The first-order chi connectivity index (χ1) is 9.16. The van der Waals surface area contributed by atoms with Gasteiger partial charge in [-0.1, -0.05) is 0 Å². The van der Waals surface area contributed by atoms with Crippen molar-refractivity contribution in [3.05, 3.63) is 48.2 Å². The molecule has 0 aliphatic heterocycles. The minimum absolute atomic E-state index is 0.0164. The number of pyridine rings is 1. The van der Waals surface area contributed by atoms with Crippen LogP contribution in [0.4, 0.5) is 0 Å². The lowest BCUT2D eigenvalue weighted by molar-refractivity contribution is 0.0693.